The largest absolute Gasteiger partial charge is 0.371 e. The number of halogens is 2. The highest BCUT2D eigenvalue weighted by molar-refractivity contribution is 7.90. The summed E-state index contributed by atoms with van der Waals surface area (Å²) in [5, 5.41) is 6.18. The summed E-state index contributed by atoms with van der Waals surface area (Å²) < 4.78 is 38.7. The molecule has 0 saturated carbocycles. The SMILES string of the molecule is O=C1Nc2cc(C(=O)N3CCN(c4ccc(F)cc4)CC3)ccc2N[C@H]1CS(=O)(=O)Cc1cccc(Cl)c1. The van der Waals surface area contributed by atoms with Crippen LogP contribution in [0.1, 0.15) is 15.9 Å². The third-order valence-corrected chi connectivity index (χ3v) is 8.47. The van der Waals surface area contributed by atoms with Crippen molar-refractivity contribution in [3.8, 4) is 0 Å². The van der Waals surface area contributed by atoms with E-state index < -0.39 is 21.8 Å². The number of carbonyl (C=O) groups is 2. The van der Waals surface area contributed by atoms with Crippen molar-refractivity contribution in [1.29, 1.82) is 0 Å². The van der Waals surface area contributed by atoms with Crippen LogP contribution in [0.3, 0.4) is 0 Å². The number of sulfone groups is 1. The maximum absolute atomic E-state index is 13.2. The zero-order valence-corrected chi connectivity index (χ0v) is 21.9. The first kappa shape index (κ1) is 26.0. The second-order valence-corrected chi connectivity index (χ2v) is 11.9. The molecule has 0 aromatic heterocycles. The van der Waals surface area contributed by atoms with E-state index in [0.717, 1.165) is 5.69 Å². The predicted molar refractivity (Wildman–Crippen MR) is 146 cm³/mol. The van der Waals surface area contributed by atoms with Crippen LogP contribution >= 0.6 is 11.6 Å². The van der Waals surface area contributed by atoms with Gasteiger partial charge in [-0.2, -0.15) is 0 Å². The molecule has 38 heavy (non-hydrogen) atoms. The summed E-state index contributed by atoms with van der Waals surface area (Å²) in [5.41, 5.74) is 2.86. The van der Waals surface area contributed by atoms with E-state index in [9.17, 15) is 22.4 Å². The van der Waals surface area contributed by atoms with E-state index in [1.54, 1.807) is 59.5 Å². The average Bonchev–Trinajstić information content (AvgIpc) is 2.88. The third kappa shape index (κ3) is 5.92. The van der Waals surface area contributed by atoms with Crippen molar-refractivity contribution in [2.45, 2.75) is 11.8 Å². The summed E-state index contributed by atoms with van der Waals surface area (Å²) >= 11 is 5.95. The zero-order chi connectivity index (χ0) is 26.9. The van der Waals surface area contributed by atoms with Crippen LogP contribution in [0, 0.1) is 5.82 Å². The molecule has 0 spiro atoms. The van der Waals surface area contributed by atoms with Gasteiger partial charge in [-0.1, -0.05) is 23.7 Å². The van der Waals surface area contributed by atoms with E-state index in [4.69, 9.17) is 11.6 Å². The molecule has 2 heterocycles. The van der Waals surface area contributed by atoms with Crippen molar-refractivity contribution in [3.63, 3.8) is 0 Å². The fraction of sp³-hybridized carbons (Fsp3) is 0.259. The Hall–Kier alpha value is -3.63. The van der Waals surface area contributed by atoms with E-state index >= 15 is 0 Å². The van der Waals surface area contributed by atoms with Crippen LogP contribution in [0.15, 0.2) is 66.7 Å². The van der Waals surface area contributed by atoms with Crippen molar-refractivity contribution >= 4 is 50.3 Å². The highest BCUT2D eigenvalue weighted by Gasteiger charge is 2.31. The molecule has 0 aliphatic carbocycles. The first-order valence-electron chi connectivity index (χ1n) is 12.1. The highest BCUT2D eigenvalue weighted by Crippen LogP contribution is 2.29. The molecule has 2 amide bonds. The molecule has 0 radical (unpaired) electrons. The van der Waals surface area contributed by atoms with Crippen molar-refractivity contribution < 1.29 is 22.4 Å². The Bertz CT molecular complexity index is 1470. The summed E-state index contributed by atoms with van der Waals surface area (Å²) in [6.45, 7) is 2.24. The monoisotopic (exact) mass is 556 g/mol. The average molecular weight is 557 g/mol. The number of amides is 2. The summed E-state index contributed by atoms with van der Waals surface area (Å²) in [6, 6.07) is 16.9. The Kier molecular flexibility index (Phi) is 7.27. The molecule has 8 nitrogen and oxygen atoms in total. The lowest BCUT2D eigenvalue weighted by Gasteiger charge is -2.36. The number of nitrogens with one attached hydrogen (secondary N) is 2. The van der Waals surface area contributed by atoms with Gasteiger partial charge < -0.3 is 20.4 Å². The molecule has 2 aliphatic heterocycles. The molecule has 0 unspecified atom stereocenters. The summed E-state index contributed by atoms with van der Waals surface area (Å²) in [7, 11) is -3.61. The van der Waals surface area contributed by atoms with Gasteiger partial charge in [0.25, 0.3) is 5.91 Å². The fourth-order valence-corrected chi connectivity index (χ4v) is 6.45. The van der Waals surface area contributed by atoms with Crippen LogP contribution in [-0.4, -0.2) is 63.1 Å². The minimum absolute atomic E-state index is 0.160. The summed E-state index contributed by atoms with van der Waals surface area (Å²) in [6.07, 6.45) is 0. The number of hydrogen-bond acceptors (Lipinski definition) is 6. The van der Waals surface area contributed by atoms with E-state index in [0.29, 0.717) is 53.7 Å². The van der Waals surface area contributed by atoms with Crippen molar-refractivity contribution in [3.05, 3.63) is 88.7 Å². The number of anilines is 3. The minimum atomic E-state index is -3.61. The molecule has 11 heteroatoms. The van der Waals surface area contributed by atoms with Gasteiger partial charge in [-0.3, -0.25) is 9.59 Å². The van der Waals surface area contributed by atoms with Crippen molar-refractivity contribution in [2.75, 3.05) is 47.5 Å². The first-order valence-corrected chi connectivity index (χ1v) is 14.3. The molecule has 1 saturated heterocycles. The molecule has 198 valence electrons. The Morgan fingerprint density at radius 3 is 2.42 bits per heavy atom. The number of hydrogen-bond donors (Lipinski definition) is 2. The number of nitrogens with zero attached hydrogens (tertiary/aromatic N) is 2. The zero-order valence-electron chi connectivity index (χ0n) is 20.4. The minimum Gasteiger partial charge on any atom is -0.371 e. The van der Waals surface area contributed by atoms with E-state index in [1.807, 2.05) is 0 Å². The van der Waals surface area contributed by atoms with Crippen LogP contribution in [0.25, 0.3) is 0 Å². The van der Waals surface area contributed by atoms with Crippen LogP contribution in [0.2, 0.25) is 5.02 Å². The molecule has 5 rings (SSSR count). The van der Waals surface area contributed by atoms with Crippen LogP contribution < -0.4 is 15.5 Å². The summed E-state index contributed by atoms with van der Waals surface area (Å²) in [5.74, 6) is -1.55. The van der Waals surface area contributed by atoms with Crippen LogP contribution in [0.4, 0.5) is 21.5 Å². The maximum atomic E-state index is 13.2. The van der Waals surface area contributed by atoms with E-state index in [2.05, 4.69) is 15.5 Å². The second-order valence-electron chi connectivity index (χ2n) is 9.39. The Balaban J connectivity index is 1.21. The fourth-order valence-electron chi connectivity index (χ4n) is 4.69. The van der Waals surface area contributed by atoms with Crippen molar-refractivity contribution in [1.82, 2.24) is 4.90 Å². The van der Waals surface area contributed by atoms with Gasteiger partial charge in [-0.05, 0) is 60.2 Å². The lowest BCUT2D eigenvalue weighted by Crippen LogP contribution is -2.49. The molecule has 0 bridgehead atoms. The molecule has 3 aromatic carbocycles. The van der Waals surface area contributed by atoms with Gasteiger partial charge >= 0.3 is 0 Å². The molecule has 2 aliphatic rings. The topological polar surface area (TPSA) is 98.8 Å². The Morgan fingerprint density at radius 2 is 1.71 bits per heavy atom. The molecule has 1 fully saturated rings. The molecule has 1 atom stereocenters. The molecule has 2 N–H and O–H groups in total. The lowest BCUT2D eigenvalue weighted by molar-refractivity contribution is -0.116. The van der Waals surface area contributed by atoms with Crippen LogP contribution in [0.5, 0.6) is 0 Å². The molecular weight excluding hydrogens is 531 g/mol. The molecular formula is C27H26ClFN4O4S. The molecule has 3 aromatic rings. The predicted octanol–water partition coefficient (Wildman–Crippen LogP) is 3.79. The van der Waals surface area contributed by atoms with E-state index in [-0.39, 0.29) is 23.2 Å². The van der Waals surface area contributed by atoms with Gasteiger partial charge in [0.05, 0.1) is 22.9 Å². The standard InChI is InChI=1S/C27H26ClFN4O4S/c28-20-3-1-2-18(14-20)16-38(36,37)17-25-26(34)31-24-15-19(4-9-23(24)30-25)27(35)33-12-10-32(11-13-33)22-7-5-21(29)6-8-22/h1-9,14-15,25,30H,10-13,16-17H2,(H,31,34)/t25-/m0/s1. The number of carbonyl (C=O) groups excluding carboxylic acids is 2. The Morgan fingerprint density at radius 1 is 0.974 bits per heavy atom. The number of piperazine rings is 1. The smallest absolute Gasteiger partial charge is 0.254 e. The van der Waals surface area contributed by atoms with Gasteiger partial charge in [0.15, 0.2) is 9.84 Å². The van der Waals surface area contributed by atoms with Gasteiger partial charge in [0.1, 0.15) is 11.9 Å². The number of benzene rings is 3. The first-order chi connectivity index (χ1) is 18.2. The van der Waals surface area contributed by atoms with E-state index in [1.165, 1.54) is 12.1 Å². The highest BCUT2D eigenvalue weighted by atomic mass is 35.5. The van der Waals surface area contributed by atoms with Gasteiger partial charge in [-0.25, -0.2) is 12.8 Å². The third-order valence-electron chi connectivity index (χ3n) is 6.63. The van der Waals surface area contributed by atoms with Crippen LogP contribution in [-0.2, 0) is 20.4 Å². The normalized spacial score (nSPS) is 17.4. The van der Waals surface area contributed by atoms with Gasteiger partial charge in [-0.15, -0.1) is 0 Å². The second kappa shape index (κ2) is 10.6. The van der Waals surface area contributed by atoms with Crippen molar-refractivity contribution in [2.24, 2.45) is 0 Å². The maximum Gasteiger partial charge on any atom is 0.254 e. The van der Waals surface area contributed by atoms with Gasteiger partial charge in [0.2, 0.25) is 5.91 Å². The lowest BCUT2D eigenvalue weighted by atomic mass is 10.1. The Labute approximate surface area is 225 Å². The number of rotatable bonds is 6. The number of fused-ring (bicyclic) bond motifs is 1. The van der Waals surface area contributed by atoms with Gasteiger partial charge in [0, 0.05) is 42.5 Å². The quantitative estimate of drug-likeness (QED) is 0.479. The summed E-state index contributed by atoms with van der Waals surface area (Å²) in [4.78, 5) is 29.7.